The zero-order chi connectivity index (χ0) is 18.7. The van der Waals surface area contributed by atoms with Gasteiger partial charge >= 0.3 is 0 Å². The molecule has 2 N–H and O–H groups in total. The third-order valence-corrected chi connectivity index (χ3v) is 4.48. The van der Waals surface area contributed by atoms with Crippen LogP contribution >= 0.6 is 11.6 Å². The summed E-state index contributed by atoms with van der Waals surface area (Å²) in [6.07, 6.45) is 0.192. The second-order valence-corrected chi connectivity index (χ2v) is 6.35. The predicted octanol–water partition coefficient (Wildman–Crippen LogP) is 3.29. The van der Waals surface area contributed by atoms with E-state index < -0.39 is 0 Å². The average molecular weight is 371 g/mol. The molecule has 0 atom stereocenters. The fourth-order valence-corrected chi connectivity index (χ4v) is 2.81. The molecule has 1 aromatic heterocycles. The van der Waals surface area contributed by atoms with Gasteiger partial charge in [0.15, 0.2) is 0 Å². The number of fused-ring (bicyclic) bond motifs is 1. The Balaban J connectivity index is 1.55. The molecule has 0 radical (unpaired) electrons. The van der Waals surface area contributed by atoms with Gasteiger partial charge in [-0.25, -0.2) is 4.98 Å². The summed E-state index contributed by atoms with van der Waals surface area (Å²) < 4.78 is 1.74. The van der Waals surface area contributed by atoms with Gasteiger partial charge in [0.25, 0.3) is 5.91 Å². The second-order valence-electron chi connectivity index (χ2n) is 6.01. The van der Waals surface area contributed by atoms with E-state index in [-0.39, 0.29) is 24.8 Å². The Morgan fingerprint density at radius 1 is 1.19 bits per heavy atom. The molecule has 7 heteroatoms. The number of anilines is 1. The molecular weight excluding hydrogens is 352 g/mol. The molecule has 2 amide bonds. The molecule has 0 aliphatic heterocycles. The minimum atomic E-state index is -0.252. The zero-order valence-electron chi connectivity index (χ0n) is 14.5. The molecule has 3 aromatic rings. The summed E-state index contributed by atoms with van der Waals surface area (Å²) in [6.45, 7) is 2.18. The fraction of sp³-hybridized carbons (Fsp3) is 0.211. The van der Waals surface area contributed by atoms with Crippen molar-refractivity contribution in [2.75, 3.05) is 11.9 Å². The molecule has 0 aliphatic carbocycles. The van der Waals surface area contributed by atoms with Crippen LogP contribution in [0.15, 0.2) is 42.5 Å². The van der Waals surface area contributed by atoms with Crippen LogP contribution in [0.3, 0.4) is 0 Å². The van der Waals surface area contributed by atoms with E-state index in [1.807, 2.05) is 38.2 Å². The van der Waals surface area contributed by atoms with Gasteiger partial charge in [0.05, 0.1) is 11.0 Å². The number of aromatic nitrogens is 2. The molecular formula is C19H19ClN4O2. The van der Waals surface area contributed by atoms with Crippen molar-refractivity contribution < 1.29 is 9.59 Å². The van der Waals surface area contributed by atoms with Gasteiger partial charge in [-0.1, -0.05) is 18.2 Å². The van der Waals surface area contributed by atoms with Crippen LogP contribution in [-0.4, -0.2) is 27.9 Å². The Morgan fingerprint density at radius 2 is 1.96 bits per heavy atom. The number of hydrogen-bond acceptors (Lipinski definition) is 3. The van der Waals surface area contributed by atoms with E-state index in [9.17, 15) is 9.59 Å². The molecule has 134 valence electrons. The molecule has 2 aromatic carbocycles. The first kappa shape index (κ1) is 17.9. The summed E-state index contributed by atoms with van der Waals surface area (Å²) in [4.78, 5) is 28.5. The van der Waals surface area contributed by atoms with E-state index in [1.165, 1.54) is 0 Å². The fourth-order valence-electron chi connectivity index (χ4n) is 2.63. The van der Waals surface area contributed by atoms with Crippen LogP contribution in [0.4, 0.5) is 5.69 Å². The normalized spacial score (nSPS) is 10.7. The minimum Gasteiger partial charge on any atom is -0.352 e. The lowest BCUT2D eigenvalue weighted by Gasteiger charge is -2.09. The molecule has 3 rings (SSSR count). The largest absolute Gasteiger partial charge is 0.352 e. The number of para-hydroxylation sites is 1. The maximum absolute atomic E-state index is 12.3. The number of nitrogens with one attached hydrogen (secondary N) is 2. The quantitative estimate of drug-likeness (QED) is 0.723. The number of benzene rings is 2. The van der Waals surface area contributed by atoms with Crippen LogP contribution < -0.4 is 10.6 Å². The van der Waals surface area contributed by atoms with Gasteiger partial charge in [-0.3, -0.25) is 9.59 Å². The summed E-state index contributed by atoms with van der Waals surface area (Å²) in [5.74, 6) is -0.399. The van der Waals surface area contributed by atoms with E-state index in [0.717, 1.165) is 16.8 Å². The summed E-state index contributed by atoms with van der Waals surface area (Å²) >= 11 is 5.99. The number of nitrogens with zero attached hydrogens (tertiary/aromatic N) is 2. The van der Waals surface area contributed by atoms with E-state index in [4.69, 9.17) is 11.6 Å². The molecule has 0 unspecified atom stereocenters. The third-order valence-electron chi connectivity index (χ3n) is 4.15. The van der Waals surface area contributed by atoms with Crippen molar-refractivity contribution in [1.82, 2.24) is 14.9 Å². The maximum atomic E-state index is 12.3. The van der Waals surface area contributed by atoms with Gasteiger partial charge in [0, 0.05) is 31.3 Å². The molecule has 26 heavy (non-hydrogen) atoms. The van der Waals surface area contributed by atoms with Crippen molar-refractivity contribution in [3.63, 3.8) is 0 Å². The molecule has 0 fully saturated rings. The van der Waals surface area contributed by atoms with E-state index in [0.29, 0.717) is 16.4 Å². The highest BCUT2D eigenvalue weighted by molar-refractivity contribution is 6.29. The van der Waals surface area contributed by atoms with Crippen molar-refractivity contribution >= 4 is 40.1 Å². The van der Waals surface area contributed by atoms with E-state index in [1.54, 1.807) is 22.8 Å². The number of rotatable bonds is 5. The lowest BCUT2D eigenvalue weighted by atomic mass is 10.2. The minimum absolute atomic E-state index is 0.147. The lowest BCUT2D eigenvalue weighted by molar-refractivity contribution is -0.116. The average Bonchev–Trinajstić information content (AvgIpc) is 2.90. The van der Waals surface area contributed by atoms with Crippen LogP contribution in [0.5, 0.6) is 0 Å². The highest BCUT2D eigenvalue weighted by Crippen LogP contribution is 2.19. The van der Waals surface area contributed by atoms with Crippen LogP contribution in [0.2, 0.25) is 5.28 Å². The van der Waals surface area contributed by atoms with Gasteiger partial charge in [0.1, 0.15) is 0 Å². The highest BCUT2D eigenvalue weighted by atomic mass is 35.5. The first-order valence-electron chi connectivity index (χ1n) is 8.21. The smallest absolute Gasteiger partial charge is 0.251 e. The second kappa shape index (κ2) is 7.58. The molecule has 0 bridgehead atoms. The number of imidazole rings is 1. The number of carbonyl (C=O) groups is 2. The SMILES string of the molecule is Cc1ccccc1NC(=O)CCNC(=O)c1ccc2c(c1)nc(Cl)n2C. The summed E-state index contributed by atoms with van der Waals surface area (Å²) in [5.41, 5.74) is 3.76. The summed E-state index contributed by atoms with van der Waals surface area (Å²) in [5, 5.41) is 5.95. The number of amides is 2. The lowest BCUT2D eigenvalue weighted by Crippen LogP contribution is -2.27. The summed E-state index contributed by atoms with van der Waals surface area (Å²) in [6, 6.07) is 12.7. The number of carbonyl (C=O) groups excluding carboxylic acids is 2. The topological polar surface area (TPSA) is 76.0 Å². The Kier molecular flexibility index (Phi) is 5.23. The Labute approximate surface area is 156 Å². The monoisotopic (exact) mass is 370 g/mol. The molecule has 6 nitrogen and oxygen atoms in total. The predicted molar refractivity (Wildman–Crippen MR) is 102 cm³/mol. The molecule has 0 spiro atoms. The zero-order valence-corrected chi connectivity index (χ0v) is 15.3. The van der Waals surface area contributed by atoms with Crippen molar-refractivity contribution in [3.8, 4) is 0 Å². The van der Waals surface area contributed by atoms with Crippen molar-refractivity contribution in [2.45, 2.75) is 13.3 Å². The highest BCUT2D eigenvalue weighted by Gasteiger charge is 2.11. The standard InChI is InChI=1S/C19H19ClN4O2/c1-12-5-3-4-6-14(12)22-17(25)9-10-21-18(26)13-7-8-16-15(11-13)23-19(20)24(16)2/h3-8,11H,9-10H2,1-2H3,(H,21,26)(H,22,25). The summed E-state index contributed by atoms with van der Waals surface area (Å²) in [7, 11) is 1.81. The van der Waals surface area contributed by atoms with Gasteiger partial charge in [-0.2, -0.15) is 0 Å². The first-order chi connectivity index (χ1) is 12.5. The van der Waals surface area contributed by atoms with Gasteiger partial charge in [0.2, 0.25) is 11.2 Å². The maximum Gasteiger partial charge on any atom is 0.251 e. The number of halogens is 1. The Hall–Kier alpha value is -2.86. The Bertz CT molecular complexity index is 981. The van der Waals surface area contributed by atoms with Crippen molar-refractivity contribution in [1.29, 1.82) is 0 Å². The molecule has 1 heterocycles. The molecule has 0 saturated carbocycles. The van der Waals surface area contributed by atoms with Crippen molar-refractivity contribution in [2.24, 2.45) is 7.05 Å². The van der Waals surface area contributed by atoms with E-state index in [2.05, 4.69) is 15.6 Å². The number of hydrogen-bond donors (Lipinski definition) is 2. The first-order valence-corrected chi connectivity index (χ1v) is 8.59. The molecule has 0 aliphatic rings. The number of aryl methyl sites for hydroxylation is 2. The Morgan fingerprint density at radius 3 is 2.73 bits per heavy atom. The van der Waals surface area contributed by atoms with Gasteiger partial charge < -0.3 is 15.2 Å². The van der Waals surface area contributed by atoms with Gasteiger partial charge in [-0.15, -0.1) is 0 Å². The van der Waals surface area contributed by atoms with Crippen LogP contribution in [0.1, 0.15) is 22.3 Å². The van der Waals surface area contributed by atoms with E-state index >= 15 is 0 Å². The molecule has 0 saturated heterocycles. The third kappa shape index (κ3) is 3.86. The van der Waals surface area contributed by atoms with Gasteiger partial charge in [-0.05, 0) is 48.4 Å². The van der Waals surface area contributed by atoms with Crippen LogP contribution in [0.25, 0.3) is 11.0 Å². The van der Waals surface area contributed by atoms with Crippen LogP contribution in [0, 0.1) is 6.92 Å². The van der Waals surface area contributed by atoms with Crippen molar-refractivity contribution in [3.05, 3.63) is 58.9 Å². The van der Waals surface area contributed by atoms with Crippen LogP contribution in [-0.2, 0) is 11.8 Å².